The molecule has 0 unspecified atom stereocenters. The lowest BCUT2D eigenvalue weighted by atomic mass is 9.89. The highest BCUT2D eigenvalue weighted by Crippen LogP contribution is 2.39. The van der Waals surface area contributed by atoms with Crippen molar-refractivity contribution < 1.29 is 9.53 Å². The summed E-state index contributed by atoms with van der Waals surface area (Å²) in [6, 6.07) is 6.13. The summed E-state index contributed by atoms with van der Waals surface area (Å²) in [6.45, 7) is 9.31. The van der Waals surface area contributed by atoms with E-state index in [1.165, 1.54) is 5.56 Å². The van der Waals surface area contributed by atoms with E-state index in [-0.39, 0.29) is 17.6 Å². The molecule has 1 N–H and O–H groups in total. The van der Waals surface area contributed by atoms with Crippen LogP contribution in [0.3, 0.4) is 0 Å². The lowest BCUT2D eigenvalue weighted by Gasteiger charge is -2.38. The molecule has 0 spiro atoms. The molecule has 0 fully saturated rings. The van der Waals surface area contributed by atoms with Crippen LogP contribution < -0.4 is 10.1 Å². The van der Waals surface area contributed by atoms with E-state index in [1.807, 2.05) is 24.1 Å². The average molecular weight is 315 g/mol. The Morgan fingerprint density at radius 1 is 1.43 bits per heavy atom. The SMILES string of the molecule is CC1=NN(CC(=O)N[C@H]2CC(C)(C)Oc3ccc(C)cc32)CC1. The zero-order valence-electron chi connectivity index (χ0n) is 14.3. The zero-order valence-corrected chi connectivity index (χ0v) is 14.3. The Bertz CT molecular complexity index is 652. The predicted octanol–water partition coefficient (Wildman–Crippen LogP) is 2.80. The minimum absolute atomic E-state index is 0.0126. The van der Waals surface area contributed by atoms with E-state index in [1.54, 1.807) is 0 Å². The summed E-state index contributed by atoms with van der Waals surface area (Å²) in [5, 5.41) is 9.38. The Morgan fingerprint density at radius 3 is 2.91 bits per heavy atom. The second kappa shape index (κ2) is 5.87. The molecule has 5 nitrogen and oxygen atoms in total. The van der Waals surface area contributed by atoms with Crippen LogP contribution in [0.4, 0.5) is 0 Å². The van der Waals surface area contributed by atoms with Gasteiger partial charge in [-0.3, -0.25) is 9.80 Å². The number of hydrogen-bond donors (Lipinski definition) is 1. The lowest BCUT2D eigenvalue weighted by molar-refractivity contribution is -0.123. The third-order valence-electron chi connectivity index (χ3n) is 4.33. The molecule has 5 heteroatoms. The summed E-state index contributed by atoms with van der Waals surface area (Å²) in [4.78, 5) is 12.4. The molecule has 2 heterocycles. The normalized spacial score (nSPS) is 22.2. The van der Waals surface area contributed by atoms with Gasteiger partial charge in [0, 0.05) is 30.7 Å². The van der Waals surface area contributed by atoms with Gasteiger partial charge < -0.3 is 10.1 Å². The van der Waals surface area contributed by atoms with Crippen molar-refractivity contribution in [2.24, 2.45) is 5.10 Å². The number of nitrogens with one attached hydrogen (secondary N) is 1. The van der Waals surface area contributed by atoms with Crippen LogP contribution >= 0.6 is 0 Å². The Balaban J connectivity index is 1.74. The third kappa shape index (κ3) is 3.66. The number of fused-ring (bicyclic) bond motifs is 1. The number of carbonyl (C=O) groups excluding carboxylic acids is 1. The van der Waals surface area contributed by atoms with Crippen molar-refractivity contribution in [3.05, 3.63) is 29.3 Å². The second-order valence-corrected chi connectivity index (χ2v) is 7.20. The average Bonchev–Trinajstić information content (AvgIpc) is 2.84. The van der Waals surface area contributed by atoms with Crippen LogP contribution in [0.25, 0.3) is 0 Å². The number of rotatable bonds is 3. The Kier molecular flexibility index (Phi) is 4.04. The van der Waals surface area contributed by atoms with Crippen molar-refractivity contribution in [3.8, 4) is 5.75 Å². The van der Waals surface area contributed by atoms with Crippen LogP contribution in [0.5, 0.6) is 5.75 Å². The molecule has 2 aliphatic heterocycles. The second-order valence-electron chi connectivity index (χ2n) is 7.20. The number of hydrazone groups is 1. The van der Waals surface area contributed by atoms with E-state index in [2.05, 4.69) is 37.3 Å². The maximum absolute atomic E-state index is 12.4. The summed E-state index contributed by atoms with van der Waals surface area (Å²) < 4.78 is 6.05. The Labute approximate surface area is 137 Å². The van der Waals surface area contributed by atoms with Crippen molar-refractivity contribution in [1.29, 1.82) is 0 Å². The Morgan fingerprint density at radius 2 is 2.22 bits per heavy atom. The molecule has 1 aromatic carbocycles. The van der Waals surface area contributed by atoms with Crippen molar-refractivity contribution in [1.82, 2.24) is 10.3 Å². The number of nitrogens with zero attached hydrogens (tertiary/aromatic N) is 2. The molecule has 3 rings (SSSR count). The van der Waals surface area contributed by atoms with Gasteiger partial charge in [0.2, 0.25) is 5.91 Å². The first-order valence-corrected chi connectivity index (χ1v) is 8.20. The number of carbonyl (C=O) groups is 1. The quantitative estimate of drug-likeness (QED) is 0.933. The van der Waals surface area contributed by atoms with Crippen molar-refractivity contribution in [2.45, 2.75) is 52.2 Å². The fourth-order valence-electron chi connectivity index (χ4n) is 3.26. The smallest absolute Gasteiger partial charge is 0.241 e. The molecular weight excluding hydrogens is 290 g/mol. The third-order valence-corrected chi connectivity index (χ3v) is 4.33. The minimum Gasteiger partial charge on any atom is -0.487 e. The maximum Gasteiger partial charge on any atom is 0.241 e. The van der Waals surface area contributed by atoms with Gasteiger partial charge >= 0.3 is 0 Å². The molecule has 0 aromatic heterocycles. The zero-order chi connectivity index (χ0) is 16.6. The van der Waals surface area contributed by atoms with Crippen molar-refractivity contribution >= 4 is 11.6 Å². The van der Waals surface area contributed by atoms with E-state index in [0.29, 0.717) is 6.54 Å². The van der Waals surface area contributed by atoms with Gasteiger partial charge in [-0.25, -0.2) is 0 Å². The first kappa shape index (κ1) is 15.8. The number of ether oxygens (including phenoxy) is 1. The van der Waals surface area contributed by atoms with Gasteiger partial charge in [0.05, 0.1) is 6.04 Å². The highest BCUT2D eigenvalue weighted by molar-refractivity contribution is 5.84. The molecule has 0 saturated heterocycles. The van der Waals surface area contributed by atoms with Crippen molar-refractivity contribution in [2.75, 3.05) is 13.1 Å². The van der Waals surface area contributed by atoms with Crippen LogP contribution in [0.2, 0.25) is 0 Å². The molecule has 0 bridgehead atoms. The first-order valence-electron chi connectivity index (χ1n) is 8.20. The monoisotopic (exact) mass is 315 g/mol. The summed E-state index contributed by atoms with van der Waals surface area (Å²) in [5.41, 5.74) is 3.04. The summed E-state index contributed by atoms with van der Waals surface area (Å²) >= 11 is 0. The number of benzene rings is 1. The maximum atomic E-state index is 12.4. The van der Waals surface area contributed by atoms with Gasteiger partial charge in [0.1, 0.15) is 17.9 Å². The summed E-state index contributed by atoms with van der Waals surface area (Å²) in [5.74, 6) is 0.880. The fourth-order valence-corrected chi connectivity index (χ4v) is 3.26. The Hall–Kier alpha value is -2.04. The van der Waals surface area contributed by atoms with Crippen LogP contribution in [0.1, 0.15) is 50.8 Å². The first-order chi connectivity index (χ1) is 10.8. The van der Waals surface area contributed by atoms with Crippen LogP contribution in [0.15, 0.2) is 23.3 Å². The van der Waals surface area contributed by atoms with Crippen LogP contribution in [-0.2, 0) is 4.79 Å². The molecular formula is C18H25N3O2. The highest BCUT2D eigenvalue weighted by Gasteiger charge is 2.34. The largest absolute Gasteiger partial charge is 0.487 e. The van der Waals surface area contributed by atoms with Crippen LogP contribution in [0, 0.1) is 6.92 Å². The van der Waals surface area contributed by atoms with Crippen molar-refractivity contribution in [3.63, 3.8) is 0 Å². The van der Waals surface area contributed by atoms with Gasteiger partial charge in [0.25, 0.3) is 0 Å². The number of hydrogen-bond acceptors (Lipinski definition) is 4. The van der Waals surface area contributed by atoms with E-state index >= 15 is 0 Å². The molecule has 0 aliphatic carbocycles. The van der Waals surface area contributed by atoms with E-state index in [4.69, 9.17) is 4.74 Å². The van der Waals surface area contributed by atoms with Gasteiger partial charge in [-0.2, -0.15) is 5.10 Å². The highest BCUT2D eigenvalue weighted by atomic mass is 16.5. The molecule has 124 valence electrons. The van der Waals surface area contributed by atoms with Crippen LogP contribution in [-0.4, -0.2) is 35.3 Å². The van der Waals surface area contributed by atoms with Gasteiger partial charge in [0.15, 0.2) is 0 Å². The molecule has 1 amide bonds. The topological polar surface area (TPSA) is 53.9 Å². The molecule has 0 saturated carbocycles. The fraction of sp³-hybridized carbons (Fsp3) is 0.556. The number of aryl methyl sites for hydroxylation is 1. The molecule has 1 atom stereocenters. The van der Waals surface area contributed by atoms with E-state index in [9.17, 15) is 4.79 Å². The molecule has 1 aromatic rings. The standard InChI is InChI=1S/C18H25N3O2/c1-12-5-6-16-14(9-12)15(10-18(3,4)23-16)19-17(22)11-21-8-7-13(2)20-21/h5-6,9,15H,7-8,10-11H2,1-4H3,(H,19,22)/t15-/m0/s1. The minimum atomic E-state index is -0.289. The molecule has 2 aliphatic rings. The summed E-state index contributed by atoms with van der Waals surface area (Å²) in [6.07, 6.45) is 1.71. The lowest BCUT2D eigenvalue weighted by Crippen LogP contribution is -2.43. The van der Waals surface area contributed by atoms with Gasteiger partial charge in [-0.1, -0.05) is 17.7 Å². The number of amides is 1. The van der Waals surface area contributed by atoms with Gasteiger partial charge in [-0.15, -0.1) is 0 Å². The summed E-state index contributed by atoms with van der Waals surface area (Å²) in [7, 11) is 0. The van der Waals surface area contributed by atoms with Gasteiger partial charge in [-0.05, 0) is 33.8 Å². The van der Waals surface area contributed by atoms with E-state index < -0.39 is 0 Å². The predicted molar refractivity (Wildman–Crippen MR) is 90.7 cm³/mol. The molecule has 0 radical (unpaired) electrons. The van der Waals surface area contributed by atoms with E-state index in [0.717, 1.165) is 36.4 Å². The molecule has 23 heavy (non-hydrogen) atoms.